The van der Waals surface area contributed by atoms with Crippen molar-refractivity contribution in [3.05, 3.63) is 97.2 Å². The highest BCUT2D eigenvalue weighted by molar-refractivity contribution is 7.45. The molecule has 0 aliphatic rings. The smallest absolute Gasteiger partial charge is 0.306 e. The van der Waals surface area contributed by atoms with E-state index in [9.17, 15) is 14.3 Å². The summed E-state index contributed by atoms with van der Waals surface area (Å²) >= 11 is 0. The molecule has 2 atom stereocenters. The molecule has 0 amide bonds. The maximum Gasteiger partial charge on any atom is 0.306 e. The summed E-state index contributed by atoms with van der Waals surface area (Å²) < 4.78 is 34.6. The van der Waals surface area contributed by atoms with Gasteiger partial charge >= 0.3 is 5.97 Å². The monoisotopic (exact) mass is 872 g/mol. The van der Waals surface area contributed by atoms with Gasteiger partial charge in [0, 0.05) is 13.0 Å². The number of phosphoric acid groups is 1. The topological polar surface area (TPSA) is 94.1 Å². The van der Waals surface area contributed by atoms with E-state index in [0.717, 1.165) is 77.0 Å². The van der Waals surface area contributed by atoms with Crippen LogP contribution in [0.15, 0.2) is 97.2 Å². The Balaban J connectivity index is 4.31. The van der Waals surface area contributed by atoms with Crippen LogP contribution in [0.1, 0.15) is 168 Å². The first-order valence-corrected chi connectivity index (χ1v) is 25.4. The van der Waals surface area contributed by atoms with Gasteiger partial charge in [0.1, 0.15) is 19.3 Å². The molecule has 0 fully saturated rings. The van der Waals surface area contributed by atoms with Crippen molar-refractivity contribution in [3.8, 4) is 0 Å². The molecule has 350 valence electrons. The number of carbonyl (C=O) groups excluding carboxylic acids is 1. The molecule has 0 aromatic heterocycles. The van der Waals surface area contributed by atoms with Gasteiger partial charge in [-0.3, -0.25) is 9.36 Å². The third-order valence-electron chi connectivity index (χ3n) is 9.62. The largest absolute Gasteiger partial charge is 0.756 e. The number of esters is 1. The van der Waals surface area contributed by atoms with Gasteiger partial charge in [-0.1, -0.05) is 169 Å². The molecule has 61 heavy (non-hydrogen) atoms. The number of carbonyl (C=O) groups is 1. The normalized spacial score (nSPS) is 14.5. The van der Waals surface area contributed by atoms with Crippen molar-refractivity contribution >= 4 is 13.8 Å². The van der Waals surface area contributed by atoms with Crippen LogP contribution >= 0.6 is 7.82 Å². The molecule has 0 saturated heterocycles. The van der Waals surface area contributed by atoms with Gasteiger partial charge in [-0.25, -0.2) is 0 Å². The van der Waals surface area contributed by atoms with E-state index in [0.29, 0.717) is 24.1 Å². The molecule has 0 bridgehead atoms. The first-order valence-electron chi connectivity index (χ1n) is 24.0. The van der Waals surface area contributed by atoms with Crippen LogP contribution in [0.2, 0.25) is 0 Å². The zero-order valence-electron chi connectivity index (χ0n) is 39.6. The number of hydrogen-bond donors (Lipinski definition) is 0. The lowest BCUT2D eigenvalue weighted by Gasteiger charge is -2.28. The Hall–Kier alpha value is -2.58. The predicted molar refractivity (Wildman–Crippen MR) is 258 cm³/mol. The fraction of sp³-hybridized carbons (Fsp3) is 0.673. The van der Waals surface area contributed by atoms with Gasteiger partial charge in [-0.05, 0) is 89.9 Å². The second-order valence-electron chi connectivity index (χ2n) is 16.7. The van der Waals surface area contributed by atoms with E-state index in [4.69, 9.17) is 18.5 Å². The number of phosphoric ester groups is 1. The fourth-order valence-electron chi connectivity index (χ4n) is 5.94. The van der Waals surface area contributed by atoms with Crippen molar-refractivity contribution in [3.63, 3.8) is 0 Å². The summed E-state index contributed by atoms with van der Waals surface area (Å²) in [5.74, 6) is -0.398. The zero-order chi connectivity index (χ0) is 44.8. The number of unbranched alkanes of at least 4 members (excludes halogenated alkanes) is 13. The number of hydrogen-bond acceptors (Lipinski definition) is 7. The first-order chi connectivity index (χ1) is 29.6. The van der Waals surface area contributed by atoms with E-state index in [1.807, 2.05) is 21.1 Å². The van der Waals surface area contributed by atoms with E-state index in [-0.39, 0.29) is 26.2 Å². The van der Waals surface area contributed by atoms with Crippen molar-refractivity contribution in [2.45, 2.75) is 174 Å². The average Bonchev–Trinajstić information content (AvgIpc) is 3.22. The van der Waals surface area contributed by atoms with E-state index in [2.05, 4.69) is 111 Å². The molecule has 0 heterocycles. The second-order valence-corrected chi connectivity index (χ2v) is 18.1. The van der Waals surface area contributed by atoms with Crippen LogP contribution < -0.4 is 4.89 Å². The molecule has 0 spiro atoms. The van der Waals surface area contributed by atoms with Crippen LogP contribution in [-0.4, -0.2) is 70.7 Å². The van der Waals surface area contributed by atoms with Crippen molar-refractivity contribution in [1.82, 2.24) is 0 Å². The maximum absolute atomic E-state index is 12.7. The molecule has 0 aromatic carbocycles. The van der Waals surface area contributed by atoms with Gasteiger partial charge in [0.2, 0.25) is 0 Å². The van der Waals surface area contributed by atoms with Crippen LogP contribution in [0.4, 0.5) is 0 Å². The lowest BCUT2D eigenvalue weighted by atomic mass is 10.1. The summed E-state index contributed by atoms with van der Waals surface area (Å²) in [6.45, 7) is 5.16. The minimum atomic E-state index is -4.55. The molecule has 0 N–H and O–H groups in total. The van der Waals surface area contributed by atoms with Gasteiger partial charge in [0.25, 0.3) is 7.82 Å². The second kappa shape index (κ2) is 44.0. The number of nitrogens with zero attached hydrogens (tertiary/aromatic N) is 1. The van der Waals surface area contributed by atoms with Crippen molar-refractivity contribution < 1.29 is 37.3 Å². The molecule has 0 radical (unpaired) electrons. The Morgan fingerprint density at radius 1 is 0.525 bits per heavy atom. The number of quaternary nitrogens is 1. The van der Waals surface area contributed by atoms with Crippen LogP contribution in [0.25, 0.3) is 0 Å². The Morgan fingerprint density at radius 2 is 0.951 bits per heavy atom. The summed E-state index contributed by atoms with van der Waals surface area (Å²) in [4.78, 5) is 25.1. The van der Waals surface area contributed by atoms with Crippen molar-refractivity contribution in [1.29, 1.82) is 0 Å². The quantitative estimate of drug-likeness (QED) is 0.0198. The molecule has 8 nitrogen and oxygen atoms in total. The molecule has 9 heteroatoms. The third kappa shape index (κ3) is 48.3. The predicted octanol–water partition coefficient (Wildman–Crippen LogP) is 14.0. The lowest BCUT2D eigenvalue weighted by Crippen LogP contribution is -2.37. The van der Waals surface area contributed by atoms with Gasteiger partial charge < -0.3 is 27.9 Å². The van der Waals surface area contributed by atoms with Gasteiger partial charge in [0.15, 0.2) is 0 Å². The summed E-state index contributed by atoms with van der Waals surface area (Å²) in [5.41, 5.74) is 0. The number of ether oxygens (including phenoxy) is 2. The van der Waals surface area contributed by atoms with E-state index >= 15 is 0 Å². The Labute approximate surface area is 375 Å². The number of rotatable bonds is 43. The van der Waals surface area contributed by atoms with E-state index < -0.39 is 19.9 Å². The summed E-state index contributed by atoms with van der Waals surface area (Å²) in [7, 11) is 1.30. The summed E-state index contributed by atoms with van der Waals surface area (Å²) in [5, 5.41) is 0. The highest BCUT2D eigenvalue weighted by Crippen LogP contribution is 2.38. The standard InChI is InChI=1S/C52H90NO7P/c1-6-8-10-12-14-16-18-20-22-24-25-26-27-28-30-32-34-36-38-40-42-44-47-57-49-51(50-59-61(55,56)58-48-46-53(3,4)5)60-52(54)45-43-41-39-37-35-33-31-29-23-21-19-17-15-13-11-9-7-2/h9,11,15,17-18,20-21,23-25,27-28,31,33,37,39,51H,6-8,10,12-14,16,19,22,26,29-30,32,34-36,38,40-50H2,1-5H3/b11-9-,17-15-,20-18-,23-21-,25-24-,28-27-,33-31-,39-37-. The third-order valence-corrected chi connectivity index (χ3v) is 10.6. The first kappa shape index (κ1) is 58.4. The van der Waals surface area contributed by atoms with Crippen molar-refractivity contribution in [2.24, 2.45) is 0 Å². The minimum absolute atomic E-state index is 0.00766. The molecule has 0 aromatic rings. The Kier molecular flexibility index (Phi) is 42.2. The minimum Gasteiger partial charge on any atom is -0.756 e. The summed E-state index contributed by atoms with van der Waals surface area (Å²) in [6, 6.07) is 0. The van der Waals surface area contributed by atoms with Gasteiger partial charge in [-0.15, -0.1) is 0 Å². The van der Waals surface area contributed by atoms with Crippen LogP contribution in [-0.2, 0) is 27.9 Å². The molecule has 0 saturated carbocycles. The highest BCUT2D eigenvalue weighted by atomic mass is 31.2. The molecular weight excluding hydrogens is 782 g/mol. The zero-order valence-corrected chi connectivity index (χ0v) is 40.5. The molecule has 2 unspecified atom stereocenters. The molecule has 0 aliphatic heterocycles. The lowest BCUT2D eigenvalue weighted by molar-refractivity contribution is -0.870. The van der Waals surface area contributed by atoms with E-state index in [1.165, 1.54) is 64.2 Å². The molecule has 0 aliphatic carbocycles. The van der Waals surface area contributed by atoms with Crippen molar-refractivity contribution in [2.75, 3.05) is 54.1 Å². The SMILES string of the molecule is CC/C=C\C/C=C\C/C=C\C/C=C\C/C=C\CCCC(=O)OC(COCCCCCCCCC/C=C\C/C=C\C/C=C\CCCCCCC)COP(=O)([O-])OCC[N+](C)(C)C. The molecule has 0 rings (SSSR count). The number of likely N-dealkylation sites (N-methyl/N-ethyl adjacent to an activating group) is 1. The van der Waals surface area contributed by atoms with Gasteiger partial charge in [0.05, 0.1) is 34.4 Å². The van der Waals surface area contributed by atoms with Crippen LogP contribution in [0.3, 0.4) is 0 Å². The Bertz CT molecular complexity index is 1290. The van der Waals surface area contributed by atoms with Crippen LogP contribution in [0, 0.1) is 0 Å². The number of allylic oxidation sites excluding steroid dienone is 16. The average molecular weight is 872 g/mol. The van der Waals surface area contributed by atoms with Crippen LogP contribution in [0.5, 0.6) is 0 Å². The molecular formula is C52H90NO7P. The summed E-state index contributed by atoms with van der Waals surface area (Å²) in [6.07, 6.45) is 60.1. The highest BCUT2D eigenvalue weighted by Gasteiger charge is 2.20. The fourth-order valence-corrected chi connectivity index (χ4v) is 6.67. The van der Waals surface area contributed by atoms with Gasteiger partial charge in [-0.2, -0.15) is 0 Å². The maximum atomic E-state index is 12.7. The Morgan fingerprint density at radius 3 is 1.43 bits per heavy atom. The van der Waals surface area contributed by atoms with E-state index in [1.54, 1.807) is 0 Å².